The zero-order valence-corrected chi connectivity index (χ0v) is 14.1. The summed E-state index contributed by atoms with van der Waals surface area (Å²) in [5.41, 5.74) is 1.17. The SMILES string of the molecule is CN(C)C[C@@H]1CN(Cc2csc(-c3cccs3)n2)CCO1. The van der Waals surface area contributed by atoms with Gasteiger partial charge in [0.05, 0.1) is 23.3 Å². The highest BCUT2D eigenvalue weighted by atomic mass is 32.1. The van der Waals surface area contributed by atoms with Gasteiger partial charge in [-0.25, -0.2) is 4.98 Å². The molecule has 6 heteroatoms. The number of thiophene rings is 1. The van der Waals surface area contributed by atoms with E-state index in [2.05, 4.69) is 46.8 Å². The molecule has 2 aromatic rings. The molecule has 1 aliphatic rings. The Balaban J connectivity index is 1.59. The second-order valence-electron chi connectivity index (χ2n) is 5.61. The van der Waals surface area contributed by atoms with E-state index in [-0.39, 0.29) is 0 Å². The fourth-order valence-electron chi connectivity index (χ4n) is 2.56. The van der Waals surface area contributed by atoms with E-state index < -0.39 is 0 Å². The summed E-state index contributed by atoms with van der Waals surface area (Å²) in [5, 5.41) is 5.42. The number of nitrogens with zero attached hydrogens (tertiary/aromatic N) is 3. The van der Waals surface area contributed by atoms with Crippen molar-refractivity contribution in [3.8, 4) is 9.88 Å². The molecule has 4 nitrogen and oxygen atoms in total. The van der Waals surface area contributed by atoms with Crippen LogP contribution in [0.15, 0.2) is 22.9 Å². The van der Waals surface area contributed by atoms with Crippen molar-refractivity contribution in [3.63, 3.8) is 0 Å². The van der Waals surface area contributed by atoms with E-state index in [9.17, 15) is 0 Å². The number of likely N-dealkylation sites (N-methyl/N-ethyl adjacent to an activating group) is 1. The van der Waals surface area contributed by atoms with Crippen LogP contribution in [-0.2, 0) is 11.3 Å². The highest BCUT2D eigenvalue weighted by Crippen LogP contribution is 2.28. The van der Waals surface area contributed by atoms with E-state index in [4.69, 9.17) is 9.72 Å². The van der Waals surface area contributed by atoms with Gasteiger partial charge in [-0.05, 0) is 25.5 Å². The number of hydrogen-bond donors (Lipinski definition) is 0. The Morgan fingerprint density at radius 3 is 3.10 bits per heavy atom. The standard InChI is InChI=1S/C15H21N3OS2/c1-17(2)9-13-10-18(5-6-19-13)8-12-11-21-15(16-12)14-4-3-7-20-14/h3-4,7,11,13H,5-6,8-10H2,1-2H3/t13-/m1/s1. The Morgan fingerprint density at radius 1 is 1.43 bits per heavy atom. The maximum absolute atomic E-state index is 5.82. The van der Waals surface area contributed by atoms with Crippen LogP contribution >= 0.6 is 22.7 Å². The van der Waals surface area contributed by atoms with Crippen molar-refractivity contribution in [1.82, 2.24) is 14.8 Å². The maximum Gasteiger partial charge on any atom is 0.133 e. The minimum absolute atomic E-state index is 0.309. The van der Waals surface area contributed by atoms with Gasteiger partial charge >= 0.3 is 0 Å². The van der Waals surface area contributed by atoms with Crippen LogP contribution in [0.3, 0.4) is 0 Å². The van der Waals surface area contributed by atoms with E-state index in [1.165, 1.54) is 10.6 Å². The lowest BCUT2D eigenvalue weighted by Gasteiger charge is -2.33. The Morgan fingerprint density at radius 2 is 2.33 bits per heavy atom. The monoisotopic (exact) mass is 323 g/mol. The third kappa shape index (κ3) is 4.11. The third-order valence-electron chi connectivity index (χ3n) is 3.46. The molecule has 0 saturated carbocycles. The molecule has 0 bridgehead atoms. The van der Waals surface area contributed by atoms with E-state index in [0.29, 0.717) is 6.10 Å². The first-order chi connectivity index (χ1) is 10.2. The minimum atomic E-state index is 0.309. The number of thiazole rings is 1. The van der Waals surface area contributed by atoms with Crippen molar-refractivity contribution in [1.29, 1.82) is 0 Å². The van der Waals surface area contributed by atoms with E-state index in [0.717, 1.165) is 37.8 Å². The van der Waals surface area contributed by atoms with E-state index >= 15 is 0 Å². The van der Waals surface area contributed by atoms with Crippen molar-refractivity contribution in [2.75, 3.05) is 40.3 Å². The Labute approximate surface area is 134 Å². The minimum Gasteiger partial charge on any atom is -0.374 e. The molecule has 0 radical (unpaired) electrons. The van der Waals surface area contributed by atoms with Crippen LogP contribution in [0.2, 0.25) is 0 Å². The van der Waals surface area contributed by atoms with Crippen molar-refractivity contribution >= 4 is 22.7 Å². The Kier molecular flexibility index (Phi) is 5.03. The summed E-state index contributed by atoms with van der Waals surface area (Å²) in [7, 11) is 4.19. The molecule has 1 saturated heterocycles. The molecule has 3 heterocycles. The average molecular weight is 323 g/mol. The largest absolute Gasteiger partial charge is 0.374 e. The fourth-order valence-corrected chi connectivity index (χ4v) is 4.19. The molecule has 1 aliphatic heterocycles. The van der Waals surface area contributed by atoms with Crippen LogP contribution in [0.25, 0.3) is 9.88 Å². The zero-order valence-electron chi connectivity index (χ0n) is 12.5. The summed E-state index contributed by atoms with van der Waals surface area (Å²) in [4.78, 5) is 10.7. The highest BCUT2D eigenvalue weighted by molar-refractivity contribution is 7.20. The molecule has 114 valence electrons. The van der Waals surface area contributed by atoms with Gasteiger partial charge in [-0.15, -0.1) is 22.7 Å². The number of hydrogen-bond acceptors (Lipinski definition) is 6. The van der Waals surface area contributed by atoms with Crippen LogP contribution in [0.1, 0.15) is 5.69 Å². The molecule has 1 fully saturated rings. The van der Waals surface area contributed by atoms with Crippen LogP contribution in [-0.4, -0.2) is 61.2 Å². The maximum atomic E-state index is 5.82. The zero-order chi connectivity index (χ0) is 14.7. The van der Waals surface area contributed by atoms with Gasteiger partial charge < -0.3 is 9.64 Å². The molecule has 0 aromatic carbocycles. The van der Waals surface area contributed by atoms with Crippen LogP contribution in [0.4, 0.5) is 0 Å². The number of ether oxygens (including phenoxy) is 1. The van der Waals surface area contributed by atoms with Gasteiger partial charge in [0.15, 0.2) is 0 Å². The van der Waals surface area contributed by atoms with Crippen LogP contribution < -0.4 is 0 Å². The summed E-state index contributed by atoms with van der Waals surface area (Å²) in [6, 6.07) is 4.21. The Bertz CT molecular complexity index is 553. The molecular weight excluding hydrogens is 302 g/mol. The summed E-state index contributed by atoms with van der Waals surface area (Å²) in [6.07, 6.45) is 0.309. The van der Waals surface area contributed by atoms with Gasteiger partial charge in [-0.2, -0.15) is 0 Å². The van der Waals surface area contributed by atoms with Crippen LogP contribution in [0.5, 0.6) is 0 Å². The number of rotatable bonds is 5. The van der Waals surface area contributed by atoms with E-state index in [1.54, 1.807) is 22.7 Å². The topological polar surface area (TPSA) is 28.6 Å². The molecular formula is C15H21N3OS2. The smallest absolute Gasteiger partial charge is 0.133 e. The molecule has 0 N–H and O–H groups in total. The molecule has 0 unspecified atom stereocenters. The van der Waals surface area contributed by atoms with Crippen molar-refractivity contribution in [3.05, 3.63) is 28.6 Å². The lowest BCUT2D eigenvalue weighted by atomic mass is 10.2. The van der Waals surface area contributed by atoms with Crippen molar-refractivity contribution in [2.45, 2.75) is 12.6 Å². The molecule has 0 amide bonds. The normalized spacial score (nSPS) is 20.2. The van der Waals surface area contributed by atoms with Gasteiger partial charge in [-0.1, -0.05) is 6.07 Å². The summed E-state index contributed by atoms with van der Waals surface area (Å²) in [6.45, 7) is 4.71. The summed E-state index contributed by atoms with van der Waals surface area (Å²) >= 11 is 3.49. The summed E-state index contributed by atoms with van der Waals surface area (Å²) < 4.78 is 5.82. The predicted molar refractivity (Wildman–Crippen MR) is 89.0 cm³/mol. The first-order valence-electron chi connectivity index (χ1n) is 7.17. The van der Waals surface area contributed by atoms with Gasteiger partial charge in [0.2, 0.25) is 0 Å². The number of morpholine rings is 1. The molecule has 1 atom stereocenters. The van der Waals surface area contributed by atoms with Gasteiger partial charge in [0.25, 0.3) is 0 Å². The van der Waals surface area contributed by atoms with Gasteiger partial charge in [-0.3, -0.25) is 4.90 Å². The van der Waals surface area contributed by atoms with Crippen molar-refractivity contribution in [2.24, 2.45) is 0 Å². The quantitative estimate of drug-likeness (QED) is 0.846. The predicted octanol–water partition coefficient (Wildman–Crippen LogP) is 2.63. The summed E-state index contributed by atoms with van der Waals surface area (Å²) in [5.74, 6) is 0. The second kappa shape index (κ2) is 6.98. The van der Waals surface area contributed by atoms with E-state index in [1.807, 2.05) is 0 Å². The fraction of sp³-hybridized carbons (Fsp3) is 0.533. The van der Waals surface area contributed by atoms with Gasteiger partial charge in [0, 0.05) is 31.6 Å². The first-order valence-corrected chi connectivity index (χ1v) is 8.93. The lowest BCUT2D eigenvalue weighted by molar-refractivity contribution is -0.0409. The molecule has 0 aliphatic carbocycles. The average Bonchev–Trinajstić information content (AvgIpc) is 3.08. The lowest BCUT2D eigenvalue weighted by Crippen LogP contribution is -2.46. The number of aromatic nitrogens is 1. The molecule has 21 heavy (non-hydrogen) atoms. The molecule has 0 spiro atoms. The molecule has 3 rings (SSSR count). The highest BCUT2D eigenvalue weighted by Gasteiger charge is 2.21. The second-order valence-corrected chi connectivity index (χ2v) is 7.42. The van der Waals surface area contributed by atoms with Crippen molar-refractivity contribution < 1.29 is 4.74 Å². The molecule has 2 aromatic heterocycles. The van der Waals surface area contributed by atoms with Gasteiger partial charge in [0.1, 0.15) is 5.01 Å². The first kappa shape index (κ1) is 15.1. The Hall–Kier alpha value is -0.790. The third-order valence-corrected chi connectivity index (χ3v) is 5.39. The van der Waals surface area contributed by atoms with Crippen LogP contribution in [0, 0.1) is 0 Å².